The zero-order chi connectivity index (χ0) is 12.8. The van der Waals surface area contributed by atoms with Gasteiger partial charge < -0.3 is 9.73 Å². The summed E-state index contributed by atoms with van der Waals surface area (Å²) in [5.74, 6) is 0.965. The molecule has 2 rings (SSSR count). The van der Waals surface area contributed by atoms with Gasteiger partial charge in [-0.2, -0.15) is 0 Å². The smallest absolute Gasteiger partial charge is 0.216 e. The Morgan fingerprint density at radius 2 is 2.11 bits per heavy atom. The molecule has 1 aliphatic rings. The second-order valence-corrected chi connectivity index (χ2v) is 4.92. The van der Waals surface area contributed by atoms with E-state index >= 15 is 0 Å². The number of nitrogens with zero attached hydrogens (tertiary/aromatic N) is 1. The van der Waals surface area contributed by atoms with Gasteiger partial charge in [-0.05, 0) is 38.1 Å². The lowest BCUT2D eigenvalue weighted by Gasteiger charge is -2.29. The molecule has 0 bridgehead atoms. The average molecular weight is 250 g/mol. The summed E-state index contributed by atoms with van der Waals surface area (Å²) in [6, 6.07) is 4.08. The number of furan rings is 1. The SMILES string of the molecule is CC(=O)NCC(c1ccco1)N1CCCCCC1. The molecule has 0 aromatic carbocycles. The molecule has 0 saturated carbocycles. The Kier molecular flexibility index (Phi) is 4.81. The molecule has 1 atom stereocenters. The van der Waals surface area contributed by atoms with E-state index in [4.69, 9.17) is 4.42 Å². The van der Waals surface area contributed by atoms with Crippen molar-refractivity contribution in [3.05, 3.63) is 24.2 Å². The Labute approximate surface area is 108 Å². The monoisotopic (exact) mass is 250 g/mol. The van der Waals surface area contributed by atoms with E-state index in [0.717, 1.165) is 18.8 Å². The van der Waals surface area contributed by atoms with Gasteiger partial charge in [0.25, 0.3) is 0 Å². The van der Waals surface area contributed by atoms with Crippen LogP contribution >= 0.6 is 0 Å². The highest BCUT2D eigenvalue weighted by molar-refractivity contribution is 5.72. The second kappa shape index (κ2) is 6.59. The summed E-state index contributed by atoms with van der Waals surface area (Å²) in [5, 5.41) is 2.91. The first-order valence-corrected chi connectivity index (χ1v) is 6.79. The van der Waals surface area contributed by atoms with E-state index in [1.165, 1.54) is 25.7 Å². The largest absolute Gasteiger partial charge is 0.468 e. The first-order valence-electron chi connectivity index (χ1n) is 6.79. The van der Waals surface area contributed by atoms with E-state index in [0.29, 0.717) is 6.54 Å². The van der Waals surface area contributed by atoms with E-state index in [9.17, 15) is 4.79 Å². The van der Waals surface area contributed by atoms with E-state index in [1.807, 2.05) is 12.1 Å². The molecule has 1 aromatic rings. The first kappa shape index (κ1) is 13.1. The molecule has 0 radical (unpaired) electrons. The van der Waals surface area contributed by atoms with Crippen LogP contribution in [0.3, 0.4) is 0 Å². The zero-order valence-electron chi connectivity index (χ0n) is 11.0. The van der Waals surface area contributed by atoms with Gasteiger partial charge in [-0.1, -0.05) is 12.8 Å². The van der Waals surface area contributed by atoms with Crippen LogP contribution in [0.1, 0.15) is 44.4 Å². The van der Waals surface area contributed by atoms with Gasteiger partial charge in [-0.15, -0.1) is 0 Å². The fourth-order valence-electron chi connectivity index (χ4n) is 2.54. The van der Waals surface area contributed by atoms with Crippen molar-refractivity contribution in [1.82, 2.24) is 10.2 Å². The Hall–Kier alpha value is -1.29. The molecule has 0 spiro atoms. The number of rotatable bonds is 4. The summed E-state index contributed by atoms with van der Waals surface area (Å²) in [6.07, 6.45) is 6.78. The van der Waals surface area contributed by atoms with E-state index in [-0.39, 0.29) is 11.9 Å². The van der Waals surface area contributed by atoms with Crippen LogP contribution in [0.2, 0.25) is 0 Å². The number of nitrogens with one attached hydrogen (secondary N) is 1. The number of amides is 1. The molecule has 1 aromatic heterocycles. The fourth-order valence-corrected chi connectivity index (χ4v) is 2.54. The maximum Gasteiger partial charge on any atom is 0.216 e. The third-order valence-corrected chi connectivity index (χ3v) is 3.50. The van der Waals surface area contributed by atoms with Crippen LogP contribution in [0.4, 0.5) is 0 Å². The predicted octanol–water partition coefficient (Wildman–Crippen LogP) is 2.33. The molecule has 2 heterocycles. The maximum atomic E-state index is 11.1. The third kappa shape index (κ3) is 3.60. The summed E-state index contributed by atoms with van der Waals surface area (Å²) in [5.41, 5.74) is 0. The Morgan fingerprint density at radius 1 is 1.39 bits per heavy atom. The van der Waals surface area contributed by atoms with Crippen molar-refractivity contribution in [3.63, 3.8) is 0 Å². The van der Waals surface area contributed by atoms with Crippen LogP contribution in [0.15, 0.2) is 22.8 Å². The van der Waals surface area contributed by atoms with Crippen molar-refractivity contribution in [2.24, 2.45) is 0 Å². The Balaban J connectivity index is 2.05. The molecule has 1 saturated heterocycles. The number of hydrogen-bond acceptors (Lipinski definition) is 3. The standard InChI is InChI=1S/C14H22N2O2/c1-12(17)15-11-13(14-7-6-10-18-14)16-8-4-2-3-5-9-16/h6-7,10,13H,2-5,8-9,11H2,1H3,(H,15,17). The maximum absolute atomic E-state index is 11.1. The van der Waals surface area contributed by atoms with E-state index < -0.39 is 0 Å². The van der Waals surface area contributed by atoms with Gasteiger partial charge in [-0.25, -0.2) is 0 Å². The molecular formula is C14H22N2O2. The van der Waals surface area contributed by atoms with Gasteiger partial charge in [0.15, 0.2) is 0 Å². The van der Waals surface area contributed by atoms with Crippen molar-refractivity contribution in [3.8, 4) is 0 Å². The zero-order valence-corrected chi connectivity index (χ0v) is 11.0. The van der Waals surface area contributed by atoms with Crippen LogP contribution in [0.25, 0.3) is 0 Å². The van der Waals surface area contributed by atoms with Gasteiger partial charge in [-0.3, -0.25) is 9.69 Å². The lowest BCUT2D eigenvalue weighted by Crippen LogP contribution is -2.37. The summed E-state index contributed by atoms with van der Waals surface area (Å²) in [4.78, 5) is 13.5. The molecule has 1 unspecified atom stereocenters. The summed E-state index contributed by atoms with van der Waals surface area (Å²) in [7, 11) is 0. The van der Waals surface area contributed by atoms with Crippen molar-refractivity contribution in [2.45, 2.75) is 38.6 Å². The van der Waals surface area contributed by atoms with Crippen molar-refractivity contribution < 1.29 is 9.21 Å². The highest BCUT2D eigenvalue weighted by Crippen LogP contribution is 2.24. The lowest BCUT2D eigenvalue weighted by atomic mass is 10.1. The topological polar surface area (TPSA) is 45.5 Å². The highest BCUT2D eigenvalue weighted by atomic mass is 16.3. The minimum absolute atomic E-state index is 0.0152. The minimum Gasteiger partial charge on any atom is -0.468 e. The van der Waals surface area contributed by atoms with Crippen LogP contribution in [0.5, 0.6) is 0 Å². The quantitative estimate of drug-likeness (QED) is 0.892. The van der Waals surface area contributed by atoms with Crippen molar-refractivity contribution >= 4 is 5.91 Å². The number of likely N-dealkylation sites (tertiary alicyclic amines) is 1. The van der Waals surface area contributed by atoms with Crippen molar-refractivity contribution in [1.29, 1.82) is 0 Å². The van der Waals surface area contributed by atoms with Crippen LogP contribution in [-0.4, -0.2) is 30.4 Å². The highest BCUT2D eigenvalue weighted by Gasteiger charge is 2.23. The van der Waals surface area contributed by atoms with Gasteiger partial charge >= 0.3 is 0 Å². The van der Waals surface area contributed by atoms with Crippen molar-refractivity contribution in [2.75, 3.05) is 19.6 Å². The molecule has 4 nitrogen and oxygen atoms in total. The van der Waals surface area contributed by atoms with Crippen LogP contribution in [0, 0.1) is 0 Å². The van der Waals surface area contributed by atoms with Gasteiger partial charge in [0.2, 0.25) is 5.91 Å². The molecule has 100 valence electrons. The van der Waals surface area contributed by atoms with Crippen LogP contribution < -0.4 is 5.32 Å². The molecule has 1 fully saturated rings. The molecule has 4 heteroatoms. The predicted molar refractivity (Wildman–Crippen MR) is 70.2 cm³/mol. The molecule has 1 N–H and O–H groups in total. The molecule has 1 amide bonds. The summed E-state index contributed by atoms with van der Waals surface area (Å²) < 4.78 is 5.53. The van der Waals surface area contributed by atoms with E-state index in [1.54, 1.807) is 13.2 Å². The fraction of sp³-hybridized carbons (Fsp3) is 0.643. The van der Waals surface area contributed by atoms with E-state index in [2.05, 4.69) is 10.2 Å². The Bertz CT molecular complexity index is 354. The Morgan fingerprint density at radius 3 is 2.67 bits per heavy atom. The van der Waals surface area contributed by atoms with Gasteiger partial charge in [0.05, 0.1) is 12.3 Å². The number of carbonyl (C=O) groups excluding carboxylic acids is 1. The lowest BCUT2D eigenvalue weighted by molar-refractivity contribution is -0.119. The first-order chi connectivity index (χ1) is 8.77. The normalized spacial score (nSPS) is 19.2. The second-order valence-electron chi connectivity index (χ2n) is 4.92. The van der Waals surface area contributed by atoms with Gasteiger partial charge in [0, 0.05) is 13.5 Å². The molecular weight excluding hydrogens is 228 g/mol. The number of carbonyl (C=O) groups is 1. The molecule has 18 heavy (non-hydrogen) atoms. The average Bonchev–Trinajstić information content (AvgIpc) is 2.73. The minimum atomic E-state index is 0.0152. The van der Waals surface area contributed by atoms with Gasteiger partial charge in [0.1, 0.15) is 5.76 Å². The number of hydrogen-bond donors (Lipinski definition) is 1. The van der Waals surface area contributed by atoms with Crippen LogP contribution in [-0.2, 0) is 4.79 Å². The molecule has 1 aliphatic heterocycles. The molecule has 0 aliphatic carbocycles. The summed E-state index contributed by atoms with van der Waals surface area (Å²) in [6.45, 7) is 4.36. The third-order valence-electron chi connectivity index (χ3n) is 3.50. The summed E-state index contributed by atoms with van der Waals surface area (Å²) >= 11 is 0.